The molecule has 4 nitrogen and oxygen atoms in total. The molecule has 0 amide bonds. The number of anilines is 1. The molecular weight excluding hydrogens is 306 g/mol. The molecule has 0 unspecified atom stereocenters. The molecule has 100 valence electrons. The van der Waals surface area contributed by atoms with Crippen LogP contribution < -0.4 is 10.1 Å². The number of benzene rings is 1. The van der Waals surface area contributed by atoms with Gasteiger partial charge in [-0.2, -0.15) is 0 Å². The monoisotopic (exact) mass is 321 g/mol. The molecule has 1 aromatic heterocycles. The quantitative estimate of drug-likeness (QED) is 0.916. The van der Waals surface area contributed by atoms with Crippen molar-refractivity contribution in [2.45, 2.75) is 20.0 Å². The minimum Gasteiger partial charge on any atom is -0.472 e. The minimum atomic E-state index is 0.500. The zero-order valence-electron chi connectivity index (χ0n) is 11.0. The first-order valence-corrected chi connectivity index (χ1v) is 6.92. The Labute approximate surface area is 121 Å². The fourth-order valence-corrected chi connectivity index (χ4v) is 2.05. The molecule has 0 saturated heterocycles. The normalized spacial score (nSPS) is 10.3. The third-order valence-corrected chi connectivity index (χ3v) is 3.31. The average molecular weight is 322 g/mol. The second-order valence-electron chi connectivity index (χ2n) is 4.02. The van der Waals surface area contributed by atoms with Crippen LogP contribution in [0.3, 0.4) is 0 Å². The number of halogens is 1. The van der Waals surface area contributed by atoms with Crippen LogP contribution in [-0.2, 0) is 13.0 Å². The van der Waals surface area contributed by atoms with Crippen LogP contribution in [0.15, 0.2) is 35.1 Å². The molecule has 0 aliphatic carbocycles. The van der Waals surface area contributed by atoms with Crippen LogP contribution in [0.5, 0.6) is 5.88 Å². The highest BCUT2D eigenvalue weighted by molar-refractivity contribution is 9.10. The Hall–Kier alpha value is -1.62. The third-order valence-electron chi connectivity index (χ3n) is 2.78. The van der Waals surface area contributed by atoms with Gasteiger partial charge in [-0.1, -0.05) is 35.0 Å². The van der Waals surface area contributed by atoms with Gasteiger partial charge in [-0.05, 0) is 24.1 Å². The Kier molecular flexibility index (Phi) is 4.74. The molecule has 0 fully saturated rings. The number of rotatable bonds is 5. The Morgan fingerprint density at radius 3 is 2.58 bits per heavy atom. The summed E-state index contributed by atoms with van der Waals surface area (Å²) in [5.74, 6) is 1.47. The summed E-state index contributed by atoms with van der Waals surface area (Å²) in [5.41, 5.74) is 2.11. The summed E-state index contributed by atoms with van der Waals surface area (Å²) >= 11 is 3.41. The summed E-state index contributed by atoms with van der Waals surface area (Å²) in [4.78, 5) is 8.40. The molecule has 0 radical (unpaired) electrons. The largest absolute Gasteiger partial charge is 0.472 e. The van der Waals surface area contributed by atoms with Crippen LogP contribution in [0.2, 0.25) is 0 Å². The summed E-state index contributed by atoms with van der Waals surface area (Å²) in [6.07, 6.45) is 2.34. The maximum atomic E-state index is 5.79. The molecule has 19 heavy (non-hydrogen) atoms. The van der Waals surface area contributed by atoms with E-state index in [0.717, 1.165) is 27.8 Å². The predicted octanol–water partition coefficient (Wildman–Crippen LogP) is 3.42. The predicted molar refractivity (Wildman–Crippen MR) is 79.4 cm³/mol. The van der Waals surface area contributed by atoms with Gasteiger partial charge in [0.15, 0.2) is 0 Å². The zero-order chi connectivity index (χ0) is 13.7. The summed E-state index contributed by atoms with van der Waals surface area (Å²) in [6, 6.07) is 8.04. The van der Waals surface area contributed by atoms with E-state index in [9.17, 15) is 0 Å². The molecule has 1 aromatic carbocycles. The van der Waals surface area contributed by atoms with Crippen molar-refractivity contribution in [2.75, 3.05) is 12.4 Å². The van der Waals surface area contributed by atoms with Crippen LogP contribution in [0, 0.1) is 0 Å². The smallest absolute Gasteiger partial charge is 0.222 e. The molecular formula is C14H16BrN3O. The number of nitrogens with zero attached hydrogens (tertiary/aromatic N) is 2. The van der Waals surface area contributed by atoms with E-state index in [1.54, 1.807) is 0 Å². The second-order valence-corrected chi connectivity index (χ2v) is 4.94. The fourth-order valence-electron chi connectivity index (χ4n) is 1.79. The van der Waals surface area contributed by atoms with E-state index in [4.69, 9.17) is 4.74 Å². The van der Waals surface area contributed by atoms with Gasteiger partial charge in [0.2, 0.25) is 5.88 Å². The summed E-state index contributed by atoms with van der Waals surface area (Å²) in [6.45, 7) is 2.56. The fraction of sp³-hybridized carbons (Fsp3) is 0.286. The Bertz CT molecular complexity index is 543. The van der Waals surface area contributed by atoms with E-state index in [-0.39, 0.29) is 0 Å². The van der Waals surface area contributed by atoms with Crippen molar-refractivity contribution in [1.29, 1.82) is 0 Å². The van der Waals surface area contributed by atoms with Crippen molar-refractivity contribution in [3.8, 4) is 5.88 Å². The van der Waals surface area contributed by atoms with Gasteiger partial charge in [0.25, 0.3) is 0 Å². The van der Waals surface area contributed by atoms with Crippen LogP contribution in [-0.4, -0.2) is 17.0 Å². The highest BCUT2D eigenvalue weighted by atomic mass is 79.9. The Morgan fingerprint density at radius 1 is 1.21 bits per heavy atom. The topological polar surface area (TPSA) is 47.0 Å². The van der Waals surface area contributed by atoms with Crippen LogP contribution in [0.4, 0.5) is 5.82 Å². The van der Waals surface area contributed by atoms with Crippen LogP contribution in [0.1, 0.15) is 18.1 Å². The van der Waals surface area contributed by atoms with Gasteiger partial charge < -0.3 is 10.1 Å². The van der Waals surface area contributed by atoms with Crippen molar-refractivity contribution in [1.82, 2.24) is 9.97 Å². The van der Waals surface area contributed by atoms with Gasteiger partial charge >= 0.3 is 0 Å². The number of nitrogens with one attached hydrogen (secondary N) is 1. The standard InChI is InChI=1S/C14H16BrN3O/c1-3-12-13(16-2)17-9-18-14(12)19-8-10-4-6-11(15)7-5-10/h4-7,9H,3,8H2,1-2H3,(H,16,17,18). The molecule has 0 bridgehead atoms. The van der Waals surface area contributed by atoms with Crippen LogP contribution in [0.25, 0.3) is 0 Å². The highest BCUT2D eigenvalue weighted by Crippen LogP contribution is 2.23. The molecule has 0 aliphatic heterocycles. The van der Waals surface area contributed by atoms with Gasteiger partial charge in [-0.15, -0.1) is 0 Å². The van der Waals surface area contributed by atoms with Crippen molar-refractivity contribution >= 4 is 21.7 Å². The maximum absolute atomic E-state index is 5.79. The first-order chi connectivity index (χ1) is 9.24. The van der Waals surface area contributed by atoms with Gasteiger partial charge in [-0.3, -0.25) is 0 Å². The Morgan fingerprint density at radius 2 is 1.95 bits per heavy atom. The lowest BCUT2D eigenvalue weighted by Gasteiger charge is -2.12. The van der Waals surface area contributed by atoms with Gasteiger partial charge in [0.05, 0.1) is 5.56 Å². The SMILES string of the molecule is CCc1c(NC)ncnc1OCc1ccc(Br)cc1. The minimum absolute atomic E-state index is 0.500. The van der Waals surface area contributed by atoms with E-state index >= 15 is 0 Å². The molecule has 0 aliphatic rings. The lowest BCUT2D eigenvalue weighted by molar-refractivity contribution is 0.290. The summed E-state index contributed by atoms with van der Waals surface area (Å²) < 4.78 is 6.85. The van der Waals surface area contributed by atoms with E-state index in [0.29, 0.717) is 12.5 Å². The molecule has 0 saturated carbocycles. The number of hydrogen-bond acceptors (Lipinski definition) is 4. The molecule has 2 rings (SSSR count). The third kappa shape index (κ3) is 3.44. The summed E-state index contributed by atoms with van der Waals surface area (Å²) in [7, 11) is 1.85. The zero-order valence-corrected chi connectivity index (χ0v) is 12.6. The van der Waals surface area contributed by atoms with Gasteiger partial charge in [0.1, 0.15) is 18.8 Å². The number of ether oxygens (including phenoxy) is 1. The molecule has 0 spiro atoms. The lowest BCUT2D eigenvalue weighted by Crippen LogP contribution is -2.05. The first-order valence-electron chi connectivity index (χ1n) is 6.13. The number of hydrogen-bond donors (Lipinski definition) is 1. The van der Waals surface area contributed by atoms with Gasteiger partial charge in [0, 0.05) is 11.5 Å². The summed E-state index contributed by atoms with van der Waals surface area (Å²) in [5, 5.41) is 3.06. The van der Waals surface area contributed by atoms with E-state index in [1.165, 1.54) is 6.33 Å². The molecule has 2 aromatic rings. The molecule has 1 heterocycles. The van der Waals surface area contributed by atoms with Crippen LogP contribution >= 0.6 is 15.9 Å². The van der Waals surface area contributed by atoms with Crippen molar-refractivity contribution in [2.24, 2.45) is 0 Å². The van der Waals surface area contributed by atoms with E-state index in [1.807, 2.05) is 31.3 Å². The van der Waals surface area contributed by atoms with Crippen molar-refractivity contribution in [3.63, 3.8) is 0 Å². The maximum Gasteiger partial charge on any atom is 0.222 e. The van der Waals surface area contributed by atoms with E-state index in [2.05, 4.69) is 38.1 Å². The van der Waals surface area contributed by atoms with Crippen molar-refractivity contribution in [3.05, 3.63) is 46.2 Å². The Balaban J connectivity index is 2.13. The van der Waals surface area contributed by atoms with Crippen molar-refractivity contribution < 1.29 is 4.74 Å². The average Bonchev–Trinajstić information content (AvgIpc) is 2.46. The highest BCUT2D eigenvalue weighted by Gasteiger charge is 2.09. The molecule has 1 N–H and O–H groups in total. The van der Waals surface area contributed by atoms with E-state index < -0.39 is 0 Å². The molecule has 0 atom stereocenters. The molecule has 5 heteroatoms. The lowest BCUT2D eigenvalue weighted by atomic mass is 10.2. The van der Waals surface area contributed by atoms with Gasteiger partial charge in [-0.25, -0.2) is 9.97 Å². The first kappa shape index (κ1) is 13.8. The number of aromatic nitrogens is 2. The second kappa shape index (κ2) is 6.52.